The maximum absolute atomic E-state index is 12.4. The largest absolute Gasteiger partial charge is 0.493 e. The van der Waals surface area contributed by atoms with Crippen molar-refractivity contribution in [2.45, 2.75) is 58.3 Å². The molecule has 45 heavy (non-hydrogen) atoms. The SMILES string of the molecule is CCOC(=O)C1CCCN(CCC(/C=C/c2ccccc2OCCCCCc2ccccc2)Cc2ccc(C(=O)OC)cc2)C1. The molecule has 1 heterocycles. The van der Waals surface area contributed by atoms with Crippen molar-refractivity contribution < 1.29 is 23.8 Å². The Labute approximate surface area is 269 Å². The van der Waals surface area contributed by atoms with Gasteiger partial charge in [-0.3, -0.25) is 4.79 Å². The first-order valence-electron chi connectivity index (χ1n) is 16.6. The summed E-state index contributed by atoms with van der Waals surface area (Å²) in [5, 5.41) is 0. The van der Waals surface area contributed by atoms with E-state index in [1.165, 1.54) is 18.2 Å². The van der Waals surface area contributed by atoms with E-state index in [2.05, 4.69) is 59.5 Å². The minimum absolute atomic E-state index is 0.0408. The summed E-state index contributed by atoms with van der Waals surface area (Å²) < 4.78 is 16.4. The summed E-state index contributed by atoms with van der Waals surface area (Å²) in [6.45, 7) is 5.66. The molecule has 3 aromatic rings. The third-order valence-electron chi connectivity index (χ3n) is 8.49. The van der Waals surface area contributed by atoms with Gasteiger partial charge in [-0.2, -0.15) is 0 Å². The smallest absolute Gasteiger partial charge is 0.337 e. The molecule has 0 saturated carbocycles. The van der Waals surface area contributed by atoms with Gasteiger partial charge in [0, 0.05) is 12.1 Å². The third-order valence-corrected chi connectivity index (χ3v) is 8.49. The molecule has 1 fully saturated rings. The van der Waals surface area contributed by atoms with Crippen LogP contribution in [0, 0.1) is 11.8 Å². The summed E-state index contributed by atoms with van der Waals surface area (Å²) in [4.78, 5) is 26.7. The lowest BCUT2D eigenvalue weighted by molar-refractivity contribution is -0.149. The summed E-state index contributed by atoms with van der Waals surface area (Å²) in [5.74, 6) is 0.736. The van der Waals surface area contributed by atoms with Crippen LogP contribution >= 0.6 is 0 Å². The number of unbranched alkanes of at least 4 members (excludes halogenated alkanes) is 2. The number of carbonyl (C=O) groups excluding carboxylic acids is 2. The molecule has 1 aliphatic heterocycles. The Hall–Kier alpha value is -3.90. The van der Waals surface area contributed by atoms with E-state index >= 15 is 0 Å². The van der Waals surface area contributed by atoms with Gasteiger partial charge in [0.05, 0.1) is 31.8 Å². The highest BCUT2D eigenvalue weighted by Gasteiger charge is 2.27. The number of hydrogen-bond acceptors (Lipinski definition) is 6. The van der Waals surface area contributed by atoms with Gasteiger partial charge in [-0.05, 0) is 107 Å². The predicted octanol–water partition coefficient (Wildman–Crippen LogP) is 7.80. The van der Waals surface area contributed by atoms with Crippen molar-refractivity contribution in [1.29, 1.82) is 0 Å². The Balaban J connectivity index is 1.36. The highest BCUT2D eigenvalue weighted by molar-refractivity contribution is 5.89. The Morgan fingerprint density at radius 2 is 1.71 bits per heavy atom. The minimum Gasteiger partial charge on any atom is -0.493 e. The minimum atomic E-state index is -0.327. The van der Waals surface area contributed by atoms with Crippen LogP contribution in [0.5, 0.6) is 5.75 Å². The molecule has 0 spiro atoms. The Morgan fingerprint density at radius 1 is 0.933 bits per heavy atom. The number of carbonyl (C=O) groups is 2. The zero-order valence-corrected chi connectivity index (χ0v) is 27.0. The Bertz CT molecular complexity index is 1340. The lowest BCUT2D eigenvalue weighted by atomic mass is 9.93. The van der Waals surface area contributed by atoms with Crippen LogP contribution in [0.1, 0.15) is 72.5 Å². The Morgan fingerprint density at radius 3 is 2.49 bits per heavy atom. The van der Waals surface area contributed by atoms with Crippen LogP contribution in [-0.2, 0) is 27.1 Å². The number of rotatable bonds is 17. The first-order chi connectivity index (χ1) is 22.1. The molecule has 0 aliphatic carbocycles. The molecule has 6 nitrogen and oxygen atoms in total. The fraction of sp³-hybridized carbons (Fsp3) is 0.436. The summed E-state index contributed by atoms with van der Waals surface area (Å²) in [7, 11) is 1.40. The molecule has 1 aliphatic rings. The highest BCUT2D eigenvalue weighted by atomic mass is 16.5. The number of hydrogen-bond donors (Lipinski definition) is 0. The van der Waals surface area contributed by atoms with Gasteiger partial charge in [-0.25, -0.2) is 4.79 Å². The number of para-hydroxylation sites is 1. The van der Waals surface area contributed by atoms with E-state index in [-0.39, 0.29) is 23.8 Å². The lowest BCUT2D eigenvalue weighted by Crippen LogP contribution is -2.40. The summed E-state index contributed by atoms with van der Waals surface area (Å²) in [6.07, 6.45) is 12.6. The number of allylic oxidation sites excluding steroid dienone is 1. The number of aryl methyl sites for hydroxylation is 1. The fourth-order valence-electron chi connectivity index (χ4n) is 5.95. The zero-order chi connectivity index (χ0) is 31.7. The number of esters is 2. The van der Waals surface area contributed by atoms with E-state index in [0.717, 1.165) is 82.3 Å². The summed E-state index contributed by atoms with van der Waals surface area (Å²) in [5.41, 5.74) is 4.19. The van der Waals surface area contributed by atoms with Crippen LogP contribution < -0.4 is 4.74 Å². The molecule has 4 rings (SSSR count). The molecule has 0 bridgehead atoms. The van der Waals surface area contributed by atoms with Crippen molar-refractivity contribution in [3.8, 4) is 5.75 Å². The van der Waals surface area contributed by atoms with Gasteiger partial charge >= 0.3 is 11.9 Å². The molecular formula is C39H49NO5. The van der Waals surface area contributed by atoms with E-state index < -0.39 is 0 Å². The normalized spacial score (nSPS) is 15.9. The van der Waals surface area contributed by atoms with Gasteiger partial charge in [-0.15, -0.1) is 0 Å². The molecule has 2 atom stereocenters. The second-order valence-electron chi connectivity index (χ2n) is 11.9. The molecule has 3 aromatic carbocycles. The van der Waals surface area contributed by atoms with Crippen LogP contribution in [-0.4, -0.2) is 56.8 Å². The van der Waals surface area contributed by atoms with Crippen molar-refractivity contribution in [2.75, 3.05) is 40.0 Å². The number of nitrogens with zero attached hydrogens (tertiary/aromatic N) is 1. The van der Waals surface area contributed by atoms with Crippen LogP contribution in [0.3, 0.4) is 0 Å². The molecule has 0 N–H and O–H groups in total. The average molecular weight is 612 g/mol. The summed E-state index contributed by atoms with van der Waals surface area (Å²) >= 11 is 0. The maximum Gasteiger partial charge on any atom is 0.337 e. The summed E-state index contributed by atoms with van der Waals surface area (Å²) in [6, 6.07) is 26.6. The van der Waals surface area contributed by atoms with Crippen LogP contribution in [0.2, 0.25) is 0 Å². The quantitative estimate of drug-likeness (QED) is 0.115. The van der Waals surface area contributed by atoms with E-state index in [4.69, 9.17) is 14.2 Å². The van der Waals surface area contributed by atoms with Gasteiger partial charge in [-0.1, -0.05) is 72.8 Å². The highest BCUT2D eigenvalue weighted by Crippen LogP contribution is 2.25. The second-order valence-corrected chi connectivity index (χ2v) is 11.9. The van der Waals surface area contributed by atoms with E-state index in [1.807, 2.05) is 43.3 Å². The maximum atomic E-state index is 12.4. The lowest BCUT2D eigenvalue weighted by Gasteiger charge is -2.32. The van der Waals surface area contributed by atoms with Crippen LogP contribution in [0.25, 0.3) is 6.08 Å². The number of piperidine rings is 1. The first kappa shape index (κ1) is 34.0. The standard InChI is InChI=1S/C39H49NO5/c1-3-44-39(42)36-17-12-26-40(30-36)27-25-33(29-32-20-23-35(24-21-32)38(41)43-2)19-22-34-16-9-10-18-37(34)45-28-11-5-8-15-31-13-6-4-7-14-31/h4,6-7,9-10,13-14,16,18-24,33,36H,3,5,8,11-12,15,17,25-30H2,1-2H3/b22-19+. The van der Waals surface area contributed by atoms with Gasteiger partial charge in [0.2, 0.25) is 0 Å². The van der Waals surface area contributed by atoms with E-state index in [9.17, 15) is 9.59 Å². The van der Waals surface area contributed by atoms with Gasteiger partial charge in [0.25, 0.3) is 0 Å². The monoisotopic (exact) mass is 611 g/mol. The second kappa shape index (κ2) is 18.8. The molecule has 2 unspecified atom stereocenters. The van der Waals surface area contributed by atoms with Gasteiger partial charge in [0.15, 0.2) is 0 Å². The predicted molar refractivity (Wildman–Crippen MR) is 180 cm³/mol. The number of methoxy groups -OCH3 is 1. The van der Waals surface area contributed by atoms with Gasteiger partial charge < -0.3 is 19.1 Å². The Kier molecular flexibility index (Phi) is 14.2. The molecule has 240 valence electrons. The van der Waals surface area contributed by atoms with Crippen molar-refractivity contribution in [1.82, 2.24) is 4.90 Å². The molecule has 0 aromatic heterocycles. The molecule has 6 heteroatoms. The van der Waals surface area contributed by atoms with Crippen molar-refractivity contribution in [2.24, 2.45) is 11.8 Å². The first-order valence-corrected chi connectivity index (χ1v) is 16.6. The van der Waals surface area contributed by atoms with Crippen molar-refractivity contribution in [3.63, 3.8) is 0 Å². The van der Waals surface area contributed by atoms with E-state index in [0.29, 0.717) is 18.8 Å². The average Bonchev–Trinajstić information content (AvgIpc) is 3.08. The van der Waals surface area contributed by atoms with Crippen molar-refractivity contribution >= 4 is 18.0 Å². The fourth-order valence-corrected chi connectivity index (χ4v) is 5.95. The van der Waals surface area contributed by atoms with E-state index in [1.54, 1.807) is 0 Å². The third kappa shape index (κ3) is 11.5. The molecular weight excluding hydrogens is 562 g/mol. The molecule has 0 amide bonds. The zero-order valence-electron chi connectivity index (χ0n) is 27.0. The van der Waals surface area contributed by atoms with Crippen LogP contribution in [0.4, 0.5) is 0 Å². The number of benzene rings is 3. The topological polar surface area (TPSA) is 65.1 Å². The van der Waals surface area contributed by atoms with Gasteiger partial charge in [0.1, 0.15) is 5.75 Å². The number of likely N-dealkylation sites (tertiary alicyclic amines) is 1. The molecule has 1 saturated heterocycles. The molecule has 0 radical (unpaired) electrons. The number of ether oxygens (including phenoxy) is 3. The van der Waals surface area contributed by atoms with Crippen molar-refractivity contribution in [3.05, 3.63) is 107 Å². The van der Waals surface area contributed by atoms with Crippen LogP contribution in [0.15, 0.2) is 84.9 Å².